The van der Waals surface area contributed by atoms with E-state index in [-0.39, 0.29) is 16.9 Å². The van der Waals surface area contributed by atoms with E-state index in [0.29, 0.717) is 12.0 Å². The highest BCUT2D eigenvalue weighted by Gasteiger charge is 2.33. The van der Waals surface area contributed by atoms with Crippen molar-refractivity contribution in [3.05, 3.63) is 57.9 Å². The second kappa shape index (κ2) is 5.02. The second-order valence-corrected chi connectivity index (χ2v) is 6.43. The summed E-state index contributed by atoms with van der Waals surface area (Å²) >= 11 is 0. The van der Waals surface area contributed by atoms with Crippen molar-refractivity contribution in [2.24, 2.45) is 5.41 Å². The monoisotopic (exact) mass is 296 g/mol. The van der Waals surface area contributed by atoms with Gasteiger partial charge in [-0.15, -0.1) is 0 Å². The number of carbonyl (C=O) groups excluding carboxylic acids is 1. The van der Waals surface area contributed by atoms with E-state index in [1.54, 1.807) is 24.4 Å². The van der Waals surface area contributed by atoms with Crippen molar-refractivity contribution < 1.29 is 9.72 Å². The fourth-order valence-electron chi connectivity index (χ4n) is 2.99. The molecule has 0 bridgehead atoms. The third kappa shape index (κ3) is 2.50. The van der Waals surface area contributed by atoms with E-state index >= 15 is 0 Å². The molecule has 0 amide bonds. The number of hydrogen-bond acceptors (Lipinski definition) is 4. The number of aromatic nitrogens is 1. The highest BCUT2D eigenvalue weighted by atomic mass is 16.6. The van der Waals surface area contributed by atoms with Crippen LogP contribution in [-0.4, -0.2) is 15.7 Å². The Balaban J connectivity index is 2.10. The quantitative estimate of drug-likeness (QED) is 0.624. The number of fused-ring (bicyclic) bond motifs is 1. The number of nitro groups is 1. The zero-order chi connectivity index (χ0) is 15.9. The summed E-state index contributed by atoms with van der Waals surface area (Å²) in [6.07, 6.45) is 2.95. The van der Waals surface area contributed by atoms with Crippen molar-refractivity contribution in [2.75, 3.05) is 0 Å². The molecule has 1 heterocycles. The SMILES string of the molecule is CC1(C)CC(=O)c2c(-c3ccc([N+](=O)[O-])cc3)ccnc2C1. The molecule has 0 saturated carbocycles. The molecule has 112 valence electrons. The molecule has 0 atom stereocenters. The van der Waals surface area contributed by atoms with Gasteiger partial charge in [-0.05, 0) is 41.2 Å². The number of ketones is 1. The van der Waals surface area contributed by atoms with Crippen LogP contribution in [0, 0.1) is 15.5 Å². The number of non-ortho nitro benzene ring substituents is 1. The van der Waals surface area contributed by atoms with Gasteiger partial charge < -0.3 is 0 Å². The maximum Gasteiger partial charge on any atom is 0.269 e. The number of hydrogen-bond donors (Lipinski definition) is 0. The van der Waals surface area contributed by atoms with Gasteiger partial charge in [0.25, 0.3) is 5.69 Å². The van der Waals surface area contributed by atoms with E-state index in [9.17, 15) is 14.9 Å². The average Bonchev–Trinajstić information content (AvgIpc) is 2.45. The number of nitro benzene ring substituents is 1. The lowest BCUT2D eigenvalue weighted by atomic mass is 9.74. The van der Waals surface area contributed by atoms with Crippen LogP contribution in [-0.2, 0) is 6.42 Å². The van der Waals surface area contributed by atoms with Crippen molar-refractivity contribution in [3.8, 4) is 11.1 Å². The Kier molecular flexibility index (Phi) is 3.28. The van der Waals surface area contributed by atoms with Gasteiger partial charge in [0.05, 0.1) is 10.6 Å². The van der Waals surface area contributed by atoms with E-state index in [0.717, 1.165) is 23.2 Å². The third-order valence-corrected chi connectivity index (χ3v) is 3.98. The molecule has 2 aromatic rings. The Morgan fingerprint density at radius 3 is 2.45 bits per heavy atom. The van der Waals surface area contributed by atoms with E-state index in [1.807, 2.05) is 0 Å². The topological polar surface area (TPSA) is 73.1 Å². The molecule has 0 aliphatic heterocycles. The summed E-state index contributed by atoms with van der Waals surface area (Å²) in [7, 11) is 0. The summed E-state index contributed by atoms with van der Waals surface area (Å²) in [5.41, 5.74) is 3.05. The fraction of sp³-hybridized carbons (Fsp3) is 0.294. The lowest BCUT2D eigenvalue weighted by molar-refractivity contribution is -0.384. The first kappa shape index (κ1) is 14.4. The van der Waals surface area contributed by atoms with Crippen LogP contribution >= 0.6 is 0 Å². The van der Waals surface area contributed by atoms with Gasteiger partial charge in [-0.3, -0.25) is 19.9 Å². The summed E-state index contributed by atoms with van der Waals surface area (Å²) in [6.45, 7) is 4.13. The smallest absolute Gasteiger partial charge is 0.269 e. The van der Waals surface area contributed by atoms with Gasteiger partial charge in [0, 0.05) is 30.3 Å². The molecule has 1 aliphatic rings. The van der Waals surface area contributed by atoms with Crippen LogP contribution in [0.15, 0.2) is 36.5 Å². The minimum atomic E-state index is -0.431. The Labute approximate surface area is 128 Å². The van der Waals surface area contributed by atoms with Crippen molar-refractivity contribution in [1.82, 2.24) is 4.98 Å². The molecule has 1 aromatic carbocycles. The van der Waals surface area contributed by atoms with Crippen LogP contribution in [0.2, 0.25) is 0 Å². The first-order valence-corrected chi connectivity index (χ1v) is 7.13. The zero-order valence-electron chi connectivity index (χ0n) is 12.5. The lowest BCUT2D eigenvalue weighted by Gasteiger charge is -2.30. The van der Waals surface area contributed by atoms with Gasteiger partial charge in [-0.25, -0.2) is 0 Å². The normalized spacial score (nSPS) is 16.2. The summed E-state index contributed by atoms with van der Waals surface area (Å²) in [6, 6.07) is 8.08. The first-order chi connectivity index (χ1) is 10.4. The zero-order valence-corrected chi connectivity index (χ0v) is 12.5. The van der Waals surface area contributed by atoms with E-state index < -0.39 is 4.92 Å². The number of pyridine rings is 1. The Morgan fingerprint density at radius 2 is 1.82 bits per heavy atom. The van der Waals surface area contributed by atoms with Crippen LogP contribution in [0.1, 0.15) is 36.3 Å². The number of carbonyl (C=O) groups is 1. The number of benzene rings is 1. The van der Waals surface area contributed by atoms with E-state index in [4.69, 9.17) is 0 Å². The largest absolute Gasteiger partial charge is 0.294 e. The molecule has 0 radical (unpaired) electrons. The van der Waals surface area contributed by atoms with E-state index in [1.165, 1.54) is 12.1 Å². The maximum absolute atomic E-state index is 12.5. The van der Waals surface area contributed by atoms with Gasteiger partial charge in [0.2, 0.25) is 0 Å². The molecular formula is C17H16N2O3. The Hall–Kier alpha value is -2.56. The molecule has 3 rings (SSSR count). The van der Waals surface area contributed by atoms with Crippen molar-refractivity contribution in [1.29, 1.82) is 0 Å². The van der Waals surface area contributed by atoms with E-state index in [2.05, 4.69) is 18.8 Å². The fourth-order valence-corrected chi connectivity index (χ4v) is 2.99. The Morgan fingerprint density at radius 1 is 1.14 bits per heavy atom. The highest BCUT2D eigenvalue weighted by molar-refractivity contribution is 6.04. The van der Waals surface area contributed by atoms with Gasteiger partial charge in [0.15, 0.2) is 5.78 Å². The molecule has 0 unspecified atom stereocenters. The van der Waals surface area contributed by atoms with Crippen molar-refractivity contribution >= 4 is 11.5 Å². The number of nitrogens with zero attached hydrogens (tertiary/aromatic N) is 2. The molecule has 0 fully saturated rings. The maximum atomic E-state index is 12.5. The van der Waals surface area contributed by atoms with Crippen LogP contribution < -0.4 is 0 Å². The minimum Gasteiger partial charge on any atom is -0.294 e. The van der Waals surface area contributed by atoms with Gasteiger partial charge in [-0.2, -0.15) is 0 Å². The molecule has 1 aromatic heterocycles. The standard InChI is InChI=1S/C17H16N2O3/c1-17(2)9-14-16(15(20)10-17)13(7-8-18-14)11-3-5-12(6-4-11)19(21)22/h3-8H,9-10H2,1-2H3. The predicted molar refractivity (Wildman–Crippen MR) is 82.8 cm³/mol. The van der Waals surface area contributed by atoms with Crippen LogP contribution in [0.4, 0.5) is 5.69 Å². The molecule has 0 spiro atoms. The average molecular weight is 296 g/mol. The van der Waals surface area contributed by atoms with Crippen LogP contribution in [0.5, 0.6) is 0 Å². The highest BCUT2D eigenvalue weighted by Crippen LogP contribution is 2.38. The number of Topliss-reactive ketones (excluding diaryl/α,β-unsaturated/α-hetero) is 1. The second-order valence-electron chi connectivity index (χ2n) is 6.43. The van der Waals surface area contributed by atoms with Crippen LogP contribution in [0.3, 0.4) is 0 Å². The van der Waals surface area contributed by atoms with Crippen molar-refractivity contribution in [3.63, 3.8) is 0 Å². The van der Waals surface area contributed by atoms with Crippen LogP contribution in [0.25, 0.3) is 11.1 Å². The summed E-state index contributed by atoms with van der Waals surface area (Å²) in [5.74, 6) is 0.0905. The molecular weight excluding hydrogens is 280 g/mol. The lowest BCUT2D eigenvalue weighted by Crippen LogP contribution is -2.28. The van der Waals surface area contributed by atoms with Gasteiger partial charge in [-0.1, -0.05) is 13.8 Å². The minimum absolute atomic E-state index is 0.0409. The van der Waals surface area contributed by atoms with Gasteiger partial charge >= 0.3 is 0 Å². The van der Waals surface area contributed by atoms with Gasteiger partial charge in [0.1, 0.15) is 0 Å². The summed E-state index contributed by atoms with van der Waals surface area (Å²) in [4.78, 5) is 27.2. The number of rotatable bonds is 2. The molecule has 0 saturated heterocycles. The summed E-state index contributed by atoms with van der Waals surface area (Å²) < 4.78 is 0. The van der Waals surface area contributed by atoms with Crippen molar-refractivity contribution in [2.45, 2.75) is 26.7 Å². The Bertz CT molecular complexity index is 764. The predicted octanol–water partition coefficient (Wildman–Crippen LogP) is 3.81. The third-order valence-electron chi connectivity index (χ3n) is 3.98. The molecule has 5 heteroatoms. The molecule has 22 heavy (non-hydrogen) atoms. The molecule has 0 N–H and O–H groups in total. The first-order valence-electron chi connectivity index (χ1n) is 7.13. The summed E-state index contributed by atoms with van der Waals surface area (Å²) in [5, 5.41) is 10.7. The molecule has 1 aliphatic carbocycles. The molecule has 5 nitrogen and oxygen atoms in total.